The molecule has 0 aliphatic carbocycles. The van der Waals surface area contributed by atoms with Crippen molar-refractivity contribution in [2.75, 3.05) is 0 Å². The van der Waals surface area contributed by atoms with E-state index in [9.17, 15) is 0 Å². The maximum atomic E-state index is 6.04. The summed E-state index contributed by atoms with van der Waals surface area (Å²) in [4.78, 5) is 35.2. The van der Waals surface area contributed by atoms with E-state index in [-0.39, 0.29) is 0 Å². The van der Waals surface area contributed by atoms with Gasteiger partial charge < -0.3 is 18.3 Å². The van der Waals surface area contributed by atoms with Gasteiger partial charge in [-0.1, -0.05) is 215 Å². The number of nitrogens with zero attached hydrogens (tertiary/aromatic N) is 10. The molecule has 0 N–H and O–H groups in total. The summed E-state index contributed by atoms with van der Waals surface area (Å²) in [5.74, 6) is 2.76. The zero-order chi connectivity index (χ0) is 70.1. The lowest BCUT2D eigenvalue weighted by Gasteiger charge is -2.30. The highest BCUT2D eigenvalue weighted by molar-refractivity contribution is 6.19. The molecule has 0 unspecified atom stereocenters. The summed E-state index contributed by atoms with van der Waals surface area (Å²) in [6, 6.07) is 86.2. The highest BCUT2D eigenvalue weighted by Gasteiger charge is 2.38. The first-order valence-electron chi connectivity index (χ1n) is 35.2. The average molecular weight is 1330 g/mol. The Bertz CT molecular complexity index is 6360. The molecule has 0 saturated carbocycles. The van der Waals surface area contributed by atoms with Crippen LogP contribution in [0.15, 0.2) is 267 Å². The van der Waals surface area contributed by atoms with E-state index in [0.29, 0.717) is 51.6 Å². The molecule has 0 spiro atoms. The standard InChI is InChI=1S/C93H72N10/c1-11-13-23-62(12-2)88-94-89(63-24-17-14-18-25-63)97-92(96-88)82-84(100-74-38-30-54(3)46-66(74)67-47-55(4)31-39-75(67)100)83(93-98-90(64-26-19-15-20-27-64)95-91(99-93)65-28-21-16-22-29-65)86(102-78-42-34-58(7)50-70(78)71-51-59(8)35-43-79(71)102)87(103-80-44-36-60(9)52-72(80)73-53-61(10)37-45-81(73)103)85(82)101-76-40-32-56(5)48-68(76)69-49-57(6)33-41-77(69)101/h11-53H,2H2,1,3-10H3/b13-11-,62-23+. The van der Waals surface area contributed by atoms with Gasteiger partial charge in [0.2, 0.25) is 0 Å². The van der Waals surface area contributed by atoms with Crippen molar-refractivity contribution in [3.05, 3.63) is 318 Å². The molecule has 10 nitrogen and oxygen atoms in total. The molecule has 494 valence electrons. The Balaban J connectivity index is 1.25. The van der Waals surface area contributed by atoms with Gasteiger partial charge in [-0.25, -0.2) is 29.9 Å². The third-order valence-corrected chi connectivity index (χ3v) is 20.4. The largest absolute Gasteiger partial charge is 0.308 e. The van der Waals surface area contributed by atoms with Crippen molar-refractivity contribution in [3.8, 4) is 79.7 Å². The van der Waals surface area contributed by atoms with Gasteiger partial charge in [-0.15, -0.1) is 0 Å². The number of hydrogen-bond donors (Lipinski definition) is 0. The second kappa shape index (κ2) is 24.5. The van der Waals surface area contributed by atoms with Crippen LogP contribution in [0.25, 0.3) is 172 Å². The summed E-state index contributed by atoms with van der Waals surface area (Å²) >= 11 is 0. The van der Waals surface area contributed by atoms with Crippen molar-refractivity contribution in [1.29, 1.82) is 0 Å². The van der Waals surface area contributed by atoms with E-state index < -0.39 is 0 Å². The molecular weight excluding hydrogens is 1260 g/mol. The molecule has 6 aromatic heterocycles. The minimum atomic E-state index is 0.404. The predicted octanol–water partition coefficient (Wildman–Crippen LogP) is 23.4. The fourth-order valence-electron chi connectivity index (χ4n) is 15.6. The molecular formula is C93H72N10. The number of allylic oxidation sites excluding steroid dienone is 5. The molecule has 0 saturated heterocycles. The molecule has 18 rings (SSSR count). The zero-order valence-corrected chi connectivity index (χ0v) is 59.0. The molecule has 0 aliphatic heterocycles. The van der Waals surface area contributed by atoms with Gasteiger partial charge in [-0.05, 0) is 159 Å². The number of hydrogen-bond acceptors (Lipinski definition) is 6. The summed E-state index contributed by atoms with van der Waals surface area (Å²) in [7, 11) is 0. The number of aromatic nitrogens is 10. The van der Waals surface area contributed by atoms with Crippen LogP contribution >= 0.6 is 0 Å². The van der Waals surface area contributed by atoms with Crippen LogP contribution in [0.2, 0.25) is 0 Å². The second-order valence-electron chi connectivity index (χ2n) is 27.7. The number of benzene rings is 12. The summed E-state index contributed by atoms with van der Waals surface area (Å²) in [5, 5.41) is 8.78. The highest BCUT2D eigenvalue weighted by atomic mass is 15.2. The van der Waals surface area contributed by atoms with Gasteiger partial charge >= 0.3 is 0 Å². The molecule has 0 bridgehead atoms. The smallest absolute Gasteiger partial charge is 0.168 e. The van der Waals surface area contributed by atoms with Crippen molar-refractivity contribution in [2.45, 2.75) is 62.3 Å². The van der Waals surface area contributed by atoms with E-state index in [1.165, 1.54) is 0 Å². The Morgan fingerprint density at radius 3 is 0.806 bits per heavy atom. The third-order valence-electron chi connectivity index (χ3n) is 20.4. The lowest BCUT2D eigenvalue weighted by molar-refractivity contribution is 0.996. The van der Waals surface area contributed by atoms with Crippen LogP contribution < -0.4 is 0 Å². The van der Waals surface area contributed by atoms with Crippen LogP contribution in [0.5, 0.6) is 0 Å². The minimum absolute atomic E-state index is 0.404. The number of fused-ring (bicyclic) bond motifs is 12. The molecule has 0 radical (unpaired) electrons. The van der Waals surface area contributed by atoms with Gasteiger partial charge in [-0.2, -0.15) is 0 Å². The van der Waals surface area contributed by atoms with Gasteiger partial charge in [0, 0.05) is 65.4 Å². The van der Waals surface area contributed by atoms with Crippen molar-refractivity contribution >= 4 is 92.8 Å². The molecule has 0 amide bonds. The van der Waals surface area contributed by atoms with Crippen molar-refractivity contribution in [1.82, 2.24) is 48.2 Å². The fourth-order valence-corrected chi connectivity index (χ4v) is 15.6. The topological polar surface area (TPSA) is 97.1 Å². The zero-order valence-electron chi connectivity index (χ0n) is 59.0. The Labute approximate surface area is 597 Å². The Morgan fingerprint density at radius 2 is 0.524 bits per heavy atom. The van der Waals surface area contributed by atoms with Gasteiger partial charge in [0.05, 0.1) is 78.0 Å². The number of aryl methyl sites for hydroxylation is 8. The number of rotatable bonds is 12. The second-order valence-corrected chi connectivity index (χ2v) is 27.7. The van der Waals surface area contributed by atoms with Gasteiger partial charge in [-0.3, -0.25) is 0 Å². The molecule has 0 aliphatic rings. The first kappa shape index (κ1) is 62.3. The maximum absolute atomic E-state index is 6.04. The monoisotopic (exact) mass is 1330 g/mol. The van der Waals surface area contributed by atoms with Crippen molar-refractivity contribution in [2.24, 2.45) is 0 Å². The maximum Gasteiger partial charge on any atom is 0.168 e. The minimum Gasteiger partial charge on any atom is -0.308 e. The van der Waals surface area contributed by atoms with E-state index >= 15 is 0 Å². The molecule has 6 heterocycles. The highest BCUT2D eigenvalue weighted by Crippen LogP contribution is 2.55. The van der Waals surface area contributed by atoms with Crippen molar-refractivity contribution in [3.63, 3.8) is 0 Å². The van der Waals surface area contributed by atoms with Gasteiger partial charge in [0.25, 0.3) is 0 Å². The summed E-state index contributed by atoms with van der Waals surface area (Å²) < 4.78 is 10.1. The summed E-state index contributed by atoms with van der Waals surface area (Å²) in [6.07, 6.45) is 7.92. The van der Waals surface area contributed by atoms with Gasteiger partial charge in [0.15, 0.2) is 34.9 Å². The molecule has 0 fully saturated rings. The Hall–Kier alpha value is -12.9. The lowest BCUT2D eigenvalue weighted by atomic mass is 9.95. The van der Waals surface area contributed by atoms with E-state index in [1.54, 1.807) is 0 Å². The summed E-state index contributed by atoms with van der Waals surface area (Å²) in [5.41, 5.74) is 24.7. The molecule has 10 heteroatoms. The fraction of sp³-hybridized carbons (Fsp3) is 0.0968. The van der Waals surface area contributed by atoms with Crippen molar-refractivity contribution < 1.29 is 0 Å². The van der Waals surface area contributed by atoms with Crippen LogP contribution in [-0.2, 0) is 0 Å². The predicted molar refractivity (Wildman–Crippen MR) is 429 cm³/mol. The van der Waals surface area contributed by atoms with Crippen LogP contribution in [0.1, 0.15) is 57.3 Å². The Kier molecular flexibility index (Phi) is 14.8. The van der Waals surface area contributed by atoms with Crippen LogP contribution in [0.3, 0.4) is 0 Å². The van der Waals surface area contributed by atoms with Gasteiger partial charge in [0.1, 0.15) is 0 Å². The SMILES string of the molecule is C=C/C(=C\C=C/C)c1nc(-c2ccccc2)nc(-c2c(-n3c4ccc(C)cc4c4cc(C)ccc43)c(-c3nc(-c4ccccc4)nc(-c4ccccc4)n3)c(-n3c4ccc(C)cc4c4cc(C)ccc43)c(-n3c4ccc(C)cc4c4cc(C)ccc43)c2-n2c3ccc(C)cc3c3cc(C)ccc32)n1. The molecule has 0 atom stereocenters. The first-order valence-corrected chi connectivity index (χ1v) is 35.2. The molecule has 103 heavy (non-hydrogen) atoms. The third kappa shape index (κ3) is 10.2. The van der Waals surface area contributed by atoms with E-state index in [2.05, 4.69) is 286 Å². The molecule has 18 aromatic rings. The molecule has 12 aromatic carbocycles. The summed E-state index contributed by atoms with van der Waals surface area (Å²) in [6.45, 7) is 24.0. The van der Waals surface area contributed by atoms with Crippen LogP contribution in [0.4, 0.5) is 0 Å². The normalized spacial score (nSPS) is 12.2. The van der Waals surface area contributed by atoms with Crippen LogP contribution in [0, 0.1) is 55.4 Å². The van der Waals surface area contributed by atoms with E-state index in [4.69, 9.17) is 29.9 Å². The van der Waals surface area contributed by atoms with E-state index in [1.807, 2.05) is 61.6 Å². The lowest BCUT2D eigenvalue weighted by Crippen LogP contribution is -2.18. The van der Waals surface area contributed by atoms with E-state index in [0.717, 1.165) is 171 Å². The first-order chi connectivity index (χ1) is 50.3. The Morgan fingerprint density at radius 1 is 0.282 bits per heavy atom. The average Bonchev–Trinajstić information content (AvgIpc) is 1.58. The van der Waals surface area contributed by atoms with Crippen LogP contribution in [-0.4, -0.2) is 48.2 Å². The quantitative estimate of drug-likeness (QED) is 0.113.